The van der Waals surface area contributed by atoms with Crippen LogP contribution in [0.15, 0.2) is 29.4 Å². The number of hydrogen-bond acceptors (Lipinski definition) is 6. The van der Waals surface area contributed by atoms with E-state index in [1.807, 2.05) is 0 Å². The Morgan fingerprint density at radius 1 is 1.30 bits per heavy atom. The van der Waals surface area contributed by atoms with Crippen LogP contribution < -0.4 is 10.1 Å². The number of esters is 1. The van der Waals surface area contributed by atoms with Gasteiger partial charge in [-0.05, 0) is 31.4 Å². The summed E-state index contributed by atoms with van der Waals surface area (Å²) >= 11 is 0. The van der Waals surface area contributed by atoms with Crippen LogP contribution in [0.3, 0.4) is 0 Å². The molecule has 0 radical (unpaired) electrons. The summed E-state index contributed by atoms with van der Waals surface area (Å²) < 4.78 is 10.5. The minimum atomic E-state index is -0.742. The van der Waals surface area contributed by atoms with Crippen LogP contribution in [-0.2, 0) is 14.3 Å². The van der Waals surface area contributed by atoms with Gasteiger partial charge in [0, 0.05) is 26.6 Å². The van der Waals surface area contributed by atoms with Gasteiger partial charge < -0.3 is 14.8 Å². The van der Waals surface area contributed by atoms with Gasteiger partial charge in [0.05, 0.1) is 5.69 Å². The van der Waals surface area contributed by atoms with Crippen molar-refractivity contribution in [2.75, 3.05) is 18.5 Å². The summed E-state index contributed by atoms with van der Waals surface area (Å²) in [5.41, 5.74) is -0.309. The molecule has 0 unspecified atom stereocenters. The summed E-state index contributed by atoms with van der Waals surface area (Å²) in [7, 11) is 0. The molecule has 0 saturated carbocycles. The van der Waals surface area contributed by atoms with Crippen molar-refractivity contribution in [2.24, 2.45) is 5.18 Å². The number of benzene rings is 1. The smallest absolute Gasteiger partial charge is 0.311 e. The largest absolute Gasteiger partial charge is 0.424 e. The highest BCUT2D eigenvalue weighted by Crippen LogP contribution is 2.31. The number of nitrogens with one attached hydrogen (secondary N) is 1. The minimum absolute atomic E-state index is 0.0835. The van der Waals surface area contributed by atoms with Crippen molar-refractivity contribution >= 4 is 17.6 Å². The molecule has 23 heavy (non-hydrogen) atoms. The Kier molecular flexibility index (Phi) is 5.81. The standard InChI is InChI=1S/C16H20N2O5/c1-12(19)17-13-4-2-3-5-14(13)23-15(20)6-7-16(18-21)8-10-22-11-9-16/h2-5H,6-11H2,1H3,(H,17,19). The fourth-order valence-electron chi connectivity index (χ4n) is 2.50. The highest BCUT2D eigenvalue weighted by atomic mass is 16.5. The Morgan fingerprint density at radius 2 is 2.00 bits per heavy atom. The summed E-state index contributed by atoms with van der Waals surface area (Å²) in [5.74, 6) is -0.426. The zero-order valence-corrected chi connectivity index (χ0v) is 13.0. The highest BCUT2D eigenvalue weighted by Gasteiger charge is 2.34. The average molecular weight is 320 g/mol. The Bertz CT molecular complexity index is 582. The number of carbonyl (C=O) groups excluding carboxylic acids is 2. The van der Waals surface area contributed by atoms with Gasteiger partial charge in [-0.2, -0.15) is 4.91 Å². The number of hydrogen-bond donors (Lipinski definition) is 1. The molecule has 0 atom stereocenters. The number of anilines is 1. The van der Waals surface area contributed by atoms with Gasteiger partial charge in [-0.3, -0.25) is 9.59 Å². The van der Waals surface area contributed by atoms with Crippen LogP contribution in [0, 0.1) is 4.91 Å². The van der Waals surface area contributed by atoms with E-state index in [1.54, 1.807) is 24.3 Å². The SMILES string of the molecule is CC(=O)Nc1ccccc1OC(=O)CCC1(N=O)CCOCC1. The molecular formula is C16H20N2O5. The van der Waals surface area contributed by atoms with E-state index in [0.717, 1.165) is 0 Å². The Morgan fingerprint density at radius 3 is 2.65 bits per heavy atom. The molecule has 7 heteroatoms. The number of rotatable bonds is 6. The van der Waals surface area contributed by atoms with Crippen molar-refractivity contribution in [3.8, 4) is 5.75 Å². The molecule has 124 valence electrons. The predicted molar refractivity (Wildman–Crippen MR) is 84.2 cm³/mol. The molecule has 1 aliphatic heterocycles. The van der Waals surface area contributed by atoms with Gasteiger partial charge in [-0.25, -0.2) is 0 Å². The highest BCUT2D eigenvalue weighted by molar-refractivity contribution is 5.91. The van der Waals surface area contributed by atoms with Crippen LogP contribution in [0.2, 0.25) is 0 Å². The maximum Gasteiger partial charge on any atom is 0.311 e. The monoisotopic (exact) mass is 320 g/mol. The zero-order valence-electron chi connectivity index (χ0n) is 13.0. The first-order chi connectivity index (χ1) is 11.0. The van der Waals surface area contributed by atoms with Crippen LogP contribution in [0.1, 0.15) is 32.6 Å². The van der Waals surface area contributed by atoms with Gasteiger partial charge in [0.25, 0.3) is 0 Å². The molecule has 2 rings (SSSR count). The summed E-state index contributed by atoms with van der Waals surface area (Å²) in [6, 6.07) is 6.69. The maximum atomic E-state index is 12.0. The maximum absolute atomic E-state index is 12.0. The number of ether oxygens (including phenoxy) is 2. The lowest BCUT2D eigenvalue weighted by molar-refractivity contribution is -0.135. The van der Waals surface area contributed by atoms with E-state index in [2.05, 4.69) is 10.5 Å². The summed E-state index contributed by atoms with van der Waals surface area (Å²) in [6.07, 6.45) is 1.46. The second kappa shape index (κ2) is 7.82. The summed E-state index contributed by atoms with van der Waals surface area (Å²) in [4.78, 5) is 34.3. The number of amides is 1. The average Bonchev–Trinajstić information content (AvgIpc) is 2.55. The van der Waals surface area contributed by atoms with Crippen LogP contribution >= 0.6 is 0 Å². The van der Waals surface area contributed by atoms with E-state index in [-0.39, 0.29) is 18.1 Å². The van der Waals surface area contributed by atoms with E-state index in [4.69, 9.17) is 9.47 Å². The Labute approximate surface area is 134 Å². The second-order valence-corrected chi connectivity index (χ2v) is 5.58. The molecule has 1 saturated heterocycles. The van der Waals surface area contributed by atoms with Crippen molar-refractivity contribution in [1.82, 2.24) is 0 Å². The topological polar surface area (TPSA) is 94.1 Å². The molecule has 1 aromatic rings. The number of para-hydroxylation sites is 2. The first-order valence-electron chi connectivity index (χ1n) is 7.54. The fraction of sp³-hybridized carbons (Fsp3) is 0.500. The van der Waals surface area contributed by atoms with Crippen LogP contribution in [-0.4, -0.2) is 30.6 Å². The molecule has 1 heterocycles. The lowest BCUT2D eigenvalue weighted by Gasteiger charge is -2.29. The molecule has 1 N–H and O–H groups in total. The normalized spacial score (nSPS) is 16.4. The van der Waals surface area contributed by atoms with Gasteiger partial charge in [-0.1, -0.05) is 17.3 Å². The molecule has 0 bridgehead atoms. The number of carbonyl (C=O) groups is 2. The van der Waals surface area contributed by atoms with Gasteiger partial charge in [-0.15, -0.1) is 0 Å². The van der Waals surface area contributed by atoms with Gasteiger partial charge in [0.1, 0.15) is 5.54 Å². The first kappa shape index (κ1) is 17.1. The third-order valence-corrected chi connectivity index (χ3v) is 3.83. The van der Waals surface area contributed by atoms with Crippen molar-refractivity contribution < 1.29 is 19.1 Å². The number of nitroso groups, excluding NO2 is 1. The van der Waals surface area contributed by atoms with Gasteiger partial charge in [0.2, 0.25) is 5.91 Å². The number of nitrogens with zero attached hydrogens (tertiary/aromatic N) is 1. The van der Waals surface area contributed by atoms with Crippen molar-refractivity contribution in [3.05, 3.63) is 29.2 Å². The minimum Gasteiger partial charge on any atom is -0.424 e. The zero-order chi connectivity index (χ0) is 16.7. The molecule has 1 aromatic carbocycles. The first-order valence-corrected chi connectivity index (χ1v) is 7.54. The molecule has 0 aliphatic carbocycles. The van der Waals surface area contributed by atoms with E-state index in [0.29, 0.717) is 38.2 Å². The third-order valence-electron chi connectivity index (χ3n) is 3.83. The molecule has 1 aliphatic rings. The van der Waals surface area contributed by atoms with E-state index in [1.165, 1.54) is 6.92 Å². The molecule has 1 amide bonds. The van der Waals surface area contributed by atoms with Crippen molar-refractivity contribution in [1.29, 1.82) is 0 Å². The third kappa shape index (κ3) is 4.85. The molecule has 1 fully saturated rings. The van der Waals surface area contributed by atoms with E-state index in [9.17, 15) is 14.5 Å². The Balaban J connectivity index is 1.94. The molecular weight excluding hydrogens is 300 g/mol. The summed E-state index contributed by atoms with van der Waals surface area (Å²) in [6.45, 7) is 2.33. The van der Waals surface area contributed by atoms with E-state index >= 15 is 0 Å². The fourth-order valence-corrected chi connectivity index (χ4v) is 2.50. The lowest BCUT2D eigenvalue weighted by Crippen LogP contribution is -2.34. The summed E-state index contributed by atoms with van der Waals surface area (Å²) in [5, 5.41) is 5.82. The van der Waals surface area contributed by atoms with Crippen LogP contribution in [0.5, 0.6) is 5.75 Å². The van der Waals surface area contributed by atoms with E-state index < -0.39 is 11.5 Å². The van der Waals surface area contributed by atoms with Gasteiger partial charge >= 0.3 is 5.97 Å². The molecule has 7 nitrogen and oxygen atoms in total. The lowest BCUT2D eigenvalue weighted by atomic mass is 9.86. The van der Waals surface area contributed by atoms with Crippen LogP contribution in [0.25, 0.3) is 0 Å². The van der Waals surface area contributed by atoms with Gasteiger partial charge in [0.15, 0.2) is 5.75 Å². The quantitative estimate of drug-likeness (QED) is 0.494. The molecule has 0 aromatic heterocycles. The van der Waals surface area contributed by atoms with Crippen LogP contribution in [0.4, 0.5) is 5.69 Å². The van der Waals surface area contributed by atoms with Crippen molar-refractivity contribution in [3.63, 3.8) is 0 Å². The second-order valence-electron chi connectivity index (χ2n) is 5.58. The predicted octanol–water partition coefficient (Wildman–Crippen LogP) is 2.65. The van der Waals surface area contributed by atoms with Crippen molar-refractivity contribution in [2.45, 2.75) is 38.1 Å². The Hall–Kier alpha value is -2.28. The molecule has 0 spiro atoms.